The lowest BCUT2D eigenvalue weighted by atomic mass is 10.1. The summed E-state index contributed by atoms with van der Waals surface area (Å²) in [5, 5.41) is 6.13. The molecule has 7 nitrogen and oxygen atoms in total. The van der Waals surface area contributed by atoms with Gasteiger partial charge < -0.3 is 31.0 Å². The summed E-state index contributed by atoms with van der Waals surface area (Å²) in [5.41, 5.74) is 9.37. The minimum Gasteiger partial charge on any atom is -0.330 e. The van der Waals surface area contributed by atoms with Gasteiger partial charge in [-0.15, -0.1) is 0 Å². The zero-order valence-electron chi connectivity index (χ0n) is 25.9. The third-order valence-electron chi connectivity index (χ3n) is 7.12. The minimum absolute atomic E-state index is 0.417. The molecule has 1 aliphatic heterocycles. The van der Waals surface area contributed by atoms with Crippen LogP contribution in [-0.2, 0) is 17.8 Å². The van der Waals surface area contributed by atoms with Crippen molar-refractivity contribution in [2.45, 2.75) is 64.8 Å². The fourth-order valence-corrected chi connectivity index (χ4v) is 4.72. The van der Waals surface area contributed by atoms with Gasteiger partial charge in [-0.3, -0.25) is 4.98 Å². The first kappa shape index (κ1) is 35.9. The highest BCUT2D eigenvalue weighted by molar-refractivity contribution is 5.53. The molecule has 4 N–H and O–H groups in total. The van der Waals surface area contributed by atoms with Gasteiger partial charge in [0, 0.05) is 44.8 Å². The number of benzene rings is 1. The maximum Gasteiger partial charge on any atom is 0.123 e. The van der Waals surface area contributed by atoms with Gasteiger partial charge in [-0.1, -0.05) is 49.2 Å². The smallest absolute Gasteiger partial charge is 0.123 e. The molecule has 1 aliphatic carbocycles. The number of nitrogens with one attached hydrogen (secondary N) is 2. The number of hydrogen-bond donors (Lipinski definition) is 3. The molecule has 1 aromatic carbocycles. The number of aromatic nitrogens is 1. The summed E-state index contributed by atoms with van der Waals surface area (Å²) in [6, 6.07) is 14.9. The average Bonchev–Trinajstić information content (AvgIpc) is 3.51. The Morgan fingerprint density at radius 1 is 1.05 bits per heavy atom. The van der Waals surface area contributed by atoms with Crippen LogP contribution in [0.25, 0.3) is 0 Å². The molecule has 4 rings (SSSR count). The van der Waals surface area contributed by atoms with Gasteiger partial charge in [-0.25, -0.2) is 0 Å². The van der Waals surface area contributed by atoms with Crippen LogP contribution in [0.15, 0.2) is 48.7 Å². The van der Waals surface area contributed by atoms with Gasteiger partial charge in [-0.05, 0) is 103 Å². The van der Waals surface area contributed by atoms with Crippen molar-refractivity contribution in [2.75, 3.05) is 67.0 Å². The largest absolute Gasteiger partial charge is 0.330 e. The van der Waals surface area contributed by atoms with Crippen LogP contribution < -0.4 is 16.4 Å². The lowest BCUT2D eigenvalue weighted by Crippen LogP contribution is -2.43. The van der Waals surface area contributed by atoms with Crippen molar-refractivity contribution in [1.29, 1.82) is 0 Å². The number of carbonyl (C=O) groups excluding carboxylic acids is 1. The van der Waals surface area contributed by atoms with Gasteiger partial charge in [0.05, 0.1) is 5.69 Å². The molecule has 7 heteroatoms. The zero-order chi connectivity index (χ0) is 29.3. The third-order valence-corrected chi connectivity index (χ3v) is 7.12. The van der Waals surface area contributed by atoms with Gasteiger partial charge in [0.25, 0.3) is 0 Å². The Kier molecular flexibility index (Phi) is 22.1. The van der Waals surface area contributed by atoms with Crippen molar-refractivity contribution >= 4 is 6.29 Å². The Morgan fingerprint density at radius 3 is 2.30 bits per heavy atom. The van der Waals surface area contributed by atoms with E-state index in [0.717, 1.165) is 58.3 Å². The van der Waals surface area contributed by atoms with Crippen LogP contribution in [-0.4, -0.2) is 88.0 Å². The predicted molar refractivity (Wildman–Crippen MR) is 171 cm³/mol. The van der Waals surface area contributed by atoms with Crippen molar-refractivity contribution in [3.8, 4) is 0 Å². The SMILES string of the molecule is CNC.Cc1cccnc1CN(C)CCCCN.O=CC1CCCC1.c1ccc(CCCN2CCNCC2)cc1. The summed E-state index contributed by atoms with van der Waals surface area (Å²) < 4.78 is 0. The highest BCUT2D eigenvalue weighted by Gasteiger charge is 2.12. The monoisotopic (exact) mass is 554 g/mol. The molecule has 0 bridgehead atoms. The van der Waals surface area contributed by atoms with Crippen LogP contribution in [0.2, 0.25) is 0 Å². The van der Waals surface area contributed by atoms with E-state index in [1.165, 1.54) is 68.6 Å². The van der Waals surface area contributed by atoms with Crippen molar-refractivity contribution in [2.24, 2.45) is 11.7 Å². The number of nitrogens with zero attached hydrogens (tertiary/aromatic N) is 3. The molecule has 0 unspecified atom stereocenters. The molecule has 0 spiro atoms. The van der Waals surface area contributed by atoms with E-state index >= 15 is 0 Å². The number of piperazine rings is 1. The lowest BCUT2D eigenvalue weighted by molar-refractivity contribution is -0.110. The summed E-state index contributed by atoms with van der Waals surface area (Å²) in [5.74, 6) is 0.417. The van der Waals surface area contributed by atoms with Crippen LogP contribution in [0.5, 0.6) is 0 Å². The number of carbonyl (C=O) groups is 1. The normalized spacial score (nSPS) is 15.2. The second-order valence-corrected chi connectivity index (χ2v) is 10.9. The van der Waals surface area contributed by atoms with Gasteiger partial charge in [0.2, 0.25) is 0 Å². The maximum absolute atomic E-state index is 10.0. The average molecular weight is 555 g/mol. The molecule has 1 saturated heterocycles. The highest BCUT2D eigenvalue weighted by Crippen LogP contribution is 2.21. The first-order chi connectivity index (χ1) is 19.5. The molecule has 1 aromatic heterocycles. The highest BCUT2D eigenvalue weighted by atomic mass is 16.1. The molecule has 0 amide bonds. The van der Waals surface area contributed by atoms with Gasteiger partial charge in [-0.2, -0.15) is 0 Å². The molecule has 0 radical (unpaired) electrons. The Hall–Kier alpha value is -2.16. The standard InChI is InChI=1S/C13H20N2.C12H21N3.C6H10O.C2H7N/c1-2-5-13(6-3-1)7-4-10-15-11-8-14-9-12-15;1-11-6-5-8-14-12(11)10-15(2)9-4-3-7-13;7-5-6-3-1-2-4-6;1-3-2/h1-3,5-6,14H,4,7-12H2;5-6,8H,3-4,7,9-10,13H2,1-2H3;5-6H,1-4H2;3H,1-2H3. The molecule has 0 atom stereocenters. The van der Waals surface area contributed by atoms with E-state index in [1.807, 2.05) is 26.4 Å². The van der Waals surface area contributed by atoms with Crippen molar-refractivity contribution in [3.63, 3.8) is 0 Å². The van der Waals surface area contributed by atoms with Crippen LogP contribution >= 0.6 is 0 Å². The molecular weight excluding hydrogens is 496 g/mol. The van der Waals surface area contributed by atoms with E-state index in [9.17, 15) is 4.79 Å². The fourth-order valence-electron chi connectivity index (χ4n) is 4.72. The van der Waals surface area contributed by atoms with Crippen LogP contribution in [0.1, 0.15) is 61.8 Å². The number of rotatable bonds is 11. The molecule has 2 fully saturated rings. The van der Waals surface area contributed by atoms with Crippen molar-refractivity contribution in [3.05, 3.63) is 65.5 Å². The van der Waals surface area contributed by atoms with Crippen molar-refractivity contribution < 1.29 is 4.79 Å². The van der Waals surface area contributed by atoms with Crippen LogP contribution in [0, 0.1) is 12.8 Å². The Morgan fingerprint density at radius 2 is 1.73 bits per heavy atom. The summed E-state index contributed by atoms with van der Waals surface area (Å²) in [4.78, 5) is 19.2. The first-order valence-corrected chi connectivity index (χ1v) is 15.3. The fraction of sp³-hybridized carbons (Fsp3) is 0.636. The van der Waals surface area contributed by atoms with Gasteiger partial charge >= 0.3 is 0 Å². The van der Waals surface area contributed by atoms with E-state index in [2.05, 4.69) is 75.8 Å². The van der Waals surface area contributed by atoms with E-state index in [-0.39, 0.29) is 0 Å². The van der Waals surface area contributed by atoms with Gasteiger partial charge in [0.1, 0.15) is 6.29 Å². The summed E-state index contributed by atoms with van der Waals surface area (Å²) in [6.07, 6.45) is 12.5. The summed E-state index contributed by atoms with van der Waals surface area (Å²) in [6.45, 7) is 10.9. The number of aldehydes is 1. The van der Waals surface area contributed by atoms with E-state index in [1.54, 1.807) is 0 Å². The van der Waals surface area contributed by atoms with E-state index < -0.39 is 0 Å². The van der Waals surface area contributed by atoms with Crippen molar-refractivity contribution in [1.82, 2.24) is 25.4 Å². The predicted octanol–water partition coefficient (Wildman–Crippen LogP) is 4.30. The molecule has 226 valence electrons. The Balaban J connectivity index is 0.000000301. The molecule has 1 saturated carbocycles. The summed E-state index contributed by atoms with van der Waals surface area (Å²) in [7, 11) is 5.88. The molecule has 2 aromatic rings. The Labute approximate surface area is 245 Å². The molecule has 2 aliphatic rings. The van der Waals surface area contributed by atoms with E-state index in [4.69, 9.17) is 5.73 Å². The van der Waals surface area contributed by atoms with Crippen LogP contribution in [0.4, 0.5) is 0 Å². The number of nitrogens with two attached hydrogens (primary N) is 1. The van der Waals surface area contributed by atoms with E-state index in [0.29, 0.717) is 5.92 Å². The first-order valence-electron chi connectivity index (χ1n) is 15.3. The van der Waals surface area contributed by atoms with Gasteiger partial charge in [0.15, 0.2) is 0 Å². The second-order valence-electron chi connectivity index (χ2n) is 10.9. The number of unbranched alkanes of at least 4 members (excludes halogenated alkanes) is 1. The Bertz CT molecular complexity index is 838. The molecule has 2 heterocycles. The lowest BCUT2D eigenvalue weighted by Gasteiger charge is -2.27. The van der Waals surface area contributed by atoms with Crippen LogP contribution in [0.3, 0.4) is 0 Å². The topological polar surface area (TPSA) is 86.5 Å². The number of pyridine rings is 1. The second kappa shape index (κ2) is 24.6. The maximum atomic E-state index is 10.0. The number of hydrogen-bond acceptors (Lipinski definition) is 7. The summed E-state index contributed by atoms with van der Waals surface area (Å²) >= 11 is 0. The number of aryl methyl sites for hydroxylation is 2. The molecule has 40 heavy (non-hydrogen) atoms. The quantitative estimate of drug-likeness (QED) is 0.282. The zero-order valence-corrected chi connectivity index (χ0v) is 25.9. The third kappa shape index (κ3) is 18.2. The molecular formula is C33H58N6O. The minimum atomic E-state index is 0.417.